The first-order valence-electron chi connectivity index (χ1n) is 7.26. The summed E-state index contributed by atoms with van der Waals surface area (Å²) in [6.45, 7) is 2.06. The second kappa shape index (κ2) is 4.87. The molecule has 0 fully saturated rings. The lowest BCUT2D eigenvalue weighted by molar-refractivity contribution is 0.0949. The highest BCUT2D eigenvalue weighted by molar-refractivity contribution is 5.94. The number of carbonyl (C=O) groups is 1. The van der Waals surface area contributed by atoms with Gasteiger partial charge in [0.2, 0.25) is 0 Å². The third-order valence-corrected chi connectivity index (χ3v) is 4.04. The van der Waals surface area contributed by atoms with Gasteiger partial charge in [-0.1, -0.05) is 0 Å². The summed E-state index contributed by atoms with van der Waals surface area (Å²) in [5.74, 6) is 2.66. The predicted molar refractivity (Wildman–Crippen MR) is 75.2 cm³/mol. The van der Waals surface area contributed by atoms with Gasteiger partial charge in [0.05, 0.1) is 13.2 Å². The Kier molecular flexibility index (Phi) is 2.87. The van der Waals surface area contributed by atoms with Gasteiger partial charge in [0.25, 0.3) is 5.91 Å². The van der Waals surface area contributed by atoms with Crippen LogP contribution in [-0.2, 0) is 25.9 Å². The van der Waals surface area contributed by atoms with E-state index in [1.165, 1.54) is 0 Å². The minimum absolute atomic E-state index is 0.0833. The van der Waals surface area contributed by atoms with Crippen molar-refractivity contribution in [3.8, 4) is 5.75 Å². The lowest BCUT2D eigenvalue weighted by atomic mass is 10.1. The fourth-order valence-electron chi connectivity index (χ4n) is 2.93. The van der Waals surface area contributed by atoms with E-state index < -0.39 is 0 Å². The van der Waals surface area contributed by atoms with Crippen LogP contribution in [0.2, 0.25) is 0 Å². The second-order valence-electron chi connectivity index (χ2n) is 5.39. The lowest BCUT2D eigenvalue weighted by Crippen LogP contribution is -2.24. The van der Waals surface area contributed by atoms with E-state index >= 15 is 0 Å². The minimum atomic E-state index is -0.0833. The number of benzene rings is 1. The molecule has 0 aliphatic carbocycles. The average Bonchev–Trinajstić information content (AvgIpc) is 3.20. The molecule has 0 spiro atoms. The third kappa shape index (κ3) is 2.16. The van der Waals surface area contributed by atoms with Gasteiger partial charge in [-0.25, -0.2) is 0 Å². The molecule has 2 aromatic rings. The van der Waals surface area contributed by atoms with Crippen molar-refractivity contribution in [3.05, 3.63) is 41.0 Å². The molecular formula is C15H16N4O2. The molecule has 1 N–H and O–H groups in total. The van der Waals surface area contributed by atoms with Crippen LogP contribution < -0.4 is 10.1 Å². The Labute approximate surface area is 122 Å². The summed E-state index contributed by atoms with van der Waals surface area (Å²) >= 11 is 0. The van der Waals surface area contributed by atoms with Crippen molar-refractivity contribution in [1.82, 2.24) is 20.1 Å². The van der Waals surface area contributed by atoms with Gasteiger partial charge in [-0.3, -0.25) is 4.79 Å². The number of aromatic nitrogens is 3. The average molecular weight is 284 g/mol. The molecule has 0 unspecified atom stereocenters. The summed E-state index contributed by atoms with van der Waals surface area (Å²) in [4.78, 5) is 12.2. The minimum Gasteiger partial charge on any atom is -0.493 e. The zero-order chi connectivity index (χ0) is 14.2. The SMILES string of the molecule is O=C(NCc1nnc2n1CCC2)c1ccc2c(c1)CCO2. The summed E-state index contributed by atoms with van der Waals surface area (Å²) in [5.41, 5.74) is 1.77. The van der Waals surface area contributed by atoms with Crippen LogP contribution in [0.5, 0.6) is 5.75 Å². The van der Waals surface area contributed by atoms with Crippen molar-refractivity contribution >= 4 is 5.91 Å². The Morgan fingerprint density at radius 3 is 3.24 bits per heavy atom. The van der Waals surface area contributed by atoms with Crippen LogP contribution in [0.25, 0.3) is 0 Å². The summed E-state index contributed by atoms with van der Waals surface area (Å²) in [5, 5.41) is 11.2. The van der Waals surface area contributed by atoms with Crippen LogP contribution in [0.4, 0.5) is 0 Å². The quantitative estimate of drug-likeness (QED) is 0.916. The molecule has 0 saturated heterocycles. The van der Waals surface area contributed by atoms with Gasteiger partial charge < -0.3 is 14.6 Å². The molecular weight excluding hydrogens is 268 g/mol. The molecule has 21 heavy (non-hydrogen) atoms. The second-order valence-corrected chi connectivity index (χ2v) is 5.39. The number of aryl methyl sites for hydroxylation is 1. The lowest BCUT2D eigenvalue weighted by Gasteiger charge is -2.07. The Balaban J connectivity index is 1.46. The van der Waals surface area contributed by atoms with Crippen LogP contribution >= 0.6 is 0 Å². The molecule has 6 nitrogen and oxygen atoms in total. The highest BCUT2D eigenvalue weighted by atomic mass is 16.5. The van der Waals surface area contributed by atoms with E-state index in [-0.39, 0.29) is 5.91 Å². The van der Waals surface area contributed by atoms with E-state index in [1.807, 2.05) is 12.1 Å². The van der Waals surface area contributed by atoms with Crippen LogP contribution in [-0.4, -0.2) is 27.3 Å². The molecule has 0 bridgehead atoms. The molecule has 0 radical (unpaired) electrons. The molecule has 2 aliphatic heterocycles. The number of rotatable bonds is 3. The third-order valence-electron chi connectivity index (χ3n) is 4.04. The Hall–Kier alpha value is -2.37. The molecule has 108 valence electrons. The first-order chi connectivity index (χ1) is 10.3. The van der Waals surface area contributed by atoms with Gasteiger partial charge in [0.15, 0.2) is 5.82 Å². The molecule has 1 aromatic heterocycles. The molecule has 1 amide bonds. The van der Waals surface area contributed by atoms with Crippen molar-refractivity contribution in [1.29, 1.82) is 0 Å². The highest BCUT2D eigenvalue weighted by Crippen LogP contribution is 2.25. The maximum Gasteiger partial charge on any atom is 0.251 e. The van der Waals surface area contributed by atoms with E-state index in [9.17, 15) is 4.79 Å². The van der Waals surface area contributed by atoms with Crippen molar-refractivity contribution in [2.45, 2.75) is 32.4 Å². The van der Waals surface area contributed by atoms with Crippen molar-refractivity contribution < 1.29 is 9.53 Å². The zero-order valence-corrected chi connectivity index (χ0v) is 11.6. The molecule has 3 heterocycles. The molecule has 0 atom stereocenters. The number of hydrogen-bond donors (Lipinski definition) is 1. The number of carbonyl (C=O) groups excluding carboxylic acids is 1. The predicted octanol–water partition coefficient (Wildman–Crippen LogP) is 1.09. The number of ether oxygens (including phenoxy) is 1. The van der Waals surface area contributed by atoms with E-state index in [4.69, 9.17) is 4.74 Å². The van der Waals surface area contributed by atoms with Gasteiger partial charge in [-0.15, -0.1) is 10.2 Å². The number of amides is 1. The zero-order valence-electron chi connectivity index (χ0n) is 11.6. The van der Waals surface area contributed by atoms with Crippen LogP contribution in [0.3, 0.4) is 0 Å². The van der Waals surface area contributed by atoms with E-state index in [0.717, 1.165) is 48.8 Å². The fraction of sp³-hybridized carbons (Fsp3) is 0.400. The molecule has 2 aliphatic rings. The van der Waals surface area contributed by atoms with Crippen LogP contribution in [0, 0.1) is 0 Å². The molecule has 6 heteroatoms. The largest absolute Gasteiger partial charge is 0.493 e. The van der Waals surface area contributed by atoms with Gasteiger partial charge in [0, 0.05) is 24.9 Å². The van der Waals surface area contributed by atoms with Crippen LogP contribution in [0.15, 0.2) is 18.2 Å². The maximum absolute atomic E-state index is 12.2. The number of nitrogens with zero attached hydrogens (tertiary/aromatic N) is 3. The summed E-state index contributed by atoms with van der Waals surface area (Å²) in [7, 11) is 0. The number of fused-ring (bicyclic) bond motifs is 2. The highest BCUT2D eigenvalue weighted by Gasteiger charge is 2.18. The summed E-state index contributed by atoms with van der Waals surface area (Å²) in [6.07, 6.45) is 2.95. The Morgan fingerprint density at radius 2 is 2.29 bits per heavy atom. The first-order valence-corrected chi connectivity index (χ1v) is 7.26. The monoisotopic (exact) mass is 284 g/mol. The number of nitrogens with one attached hydrogen (secondary N) is 1. The van der Waals surface area contributed by atoms with Crippen molar-refractivity contribution in [2.75, 3.05) is 6.61 Å². The van der Waals surface area contributed by atoms with E-state index in [2.05, 4.69) is 20.1 Å². The van der Waals surface area contributed by atoms with Gasteiger partial charge in [-0.2, -0.15) is 0 Å². The van der Waals surface area contributed by atoms with E-state index in [0.29, 0.717) is 18.7 Å². The first kappa shape index (κ1) is 12.4. The van der Waals surface area contributed by atoms with Crippen LogP contribution in [0.1, 0.15) is 34.0 Å². The summed E-state index contributed by atoms with van der Waals surface area (Å²) < 4.78 is 7.54. The molecule has 4 rings (SSSR count). The van der Waals surface area contributed by atoms with Gasteiger partial charge in [-0.05, 0) is 30.2 Å². The van der Waals surface area contributed by atoms with Crippen molar-refractivity contribution in [2.24, 2.45) is 0 Å². The van der Waals surface area contributed by atoms with Crippen molar-refractivity contribution in [3.63, 3.8) is 0 Å². The number of hydrogen-bond acceptors (Lipinski definition) is 4. The maximum atomic E-state index is 12.2. The summed E-state index contributed by atoms with van der Waals surface area (Å²) in [6, 6.07) is 5.58. The van der Waals surface area contributed by atoms with E-state index in [1.54, 1.807) is 6.07 Å². The normalized spacial score (nSPS) is 15.4. The Morgan fingerprint density at radius 1 is 1.33 bits per heavy atom. The topological polar surface area (TPSA) is 69.0 Å². The fourth-order valence-corrected chi connectivity index (χ4v) is 2.93. The molecule has 1 aromatic carbocycles. The van der Waals surface area contributed by atoms with Gasteiger partial charge in [0.1, 0.15) is 11.6 Å². The molecule has 0 saturated carbocycles. The smallest absolute Gasteiger partial charge is 0.251 e. The standard InChI is InChI=1S/C15H16N4O2/c20-15(11-3-4-12-10(8-11)5-7-21-12)16-9-14-18-17-13-2-1-6-19(13)14/h3-4,8H,1-2,5-7,9H2,(H,16,20). The van der Waals surface area contributed by atoms with Gasteiger partial charge >= 0.3 is 0 Å². The Bertz CT molecular complexity index is 708.